The molecule has 0 saturated heterocycles. The summed E-state index contributed by atoms with van der Waals surface area (Å²) in [6.45, 7) is 0. The maximum atomic E-state index is 6.16. The van der Waals surface area contributed by atoms with Gasteiger partial charge < -0.3 is 4.74 Å². The molecule has 0 N–H and O–H groups in total. The molecule has 0 heterocycles. The summed E-state index contributed by atoms with van der Waals surface area (Å²) in [5.74, 6) is 0.646. The highest BCUT2D eigenvalue weighted by atomic mass is 35.5. The Kier molecular flexibility index (Phi) is 3.82. The van der Waals surface area contributed by atoms with Crippen LogP contribution in [-0.2, 0) is 0 Å². The first-order chi connectivity index (χ1) is 8.13. The number of halogens is 3. The second kappa shape index (κ2) is 5.18. The van der Waals surface area contributed by atoms with E-state index in [-0.39, 0.29) is 0 Å². The Hall–Kier alpha value is -0.890. The molecule has 0 saturated carbocycles. The van der Waals surface area contributed by atoms with Crippen molar-refractivity contribution in [1.82, 2.24) is 0 Å². The molecule has 0 amide bonds. The Bertz CT molecular complexity index is 532. The smallest absolute Gasteiger partial charge is 0.128 e. The lowest BCUT2D eigenvalue weighted by atomic mass is 10.0. The molecule has 0 aromatic heterocycles. The molecule has 0 bridgehead atoms. The van der Waals surface area contributed by atoms with Crippen LogP contribution < -0.4 is 4.74 Å². The summed E-state index contributed by atoms with van der Waals surface area (Å²) in [4.78, 5) is 0. The summed E-state index contributed by atoms with van der Waals surface area (Å²) in [6.07, 6.45) is 0. The summed E-state index contributed by atoms with van der Waals surface area (Å²) in [6, 6.07) is 10.7. The van der Waals surface area contributed by atoms with Gasteiger partial charge in [0.05, 0.1) is 17.2 Å². The van der Waals surface area contributed by atoms with Crippen LogP contribution in [0.15, 0.2) is 36.4 Å². The molecule has 0 aliphatic carbocycles. The number of ether oxygens (including phenoxy) is 1. The Morgan fingerprint density at radius 2 is 1.59 bits per heavy atom. The van der Waals surface area contributed by atoms with Crippen LogP contribution in [0.3, 0.4) is 0 Å². The first-order valence-corrected chi connectivity index (χ1v) is 6.05. The van der Waals surface area contributed by atoms with E-state index < -0.39 is 0 Å². The van der Waals surface area contributed by atoms with Gasteiger partial charge in [0.25, 0.3) is 0 Å². The molecule has 2 aromatic rings. The van der Waals surface area contributed by atoms with E-state index in [4.69, 9.17) is 39.5 Å². The van der Waals surface area contributed by atoms with Crippen molar-refractivity contribution in [3.05, 3.63) is 51.5 Å². The zero-order chi connectivity index (χ0) is 12.4. The summed E-state index contributed by atoms with van der Waals surface area (Å²) in [5, 5.41) is 1.77. The van der Waals surface area contributed by atoms with Gasteiger partial charge in [-0.3, -0.25) is 0 Å². The van der Waals surface area contributed by atoms with Crippen LogP contribution in [0, 0.1) is 0 Å². The van der Waals surface area contributed by atoms with Crippen molar-refractivity contribution < 1.29 is 4.74 Å². The monoisotopic (exact) mass is 286 g/mol. The van der Waals surface area contributed by atoms with E-state index in [1.54, 1.807) is 37.4 Å². The topological polar surface area (TPSA) is 9.23 Å². The van der Waals surface area contributed by atoms with Crippen LogP contribution in [0.2, 0.25) is 15.1 Å². The van der Waals surface area contributed by atoms with E-state index in [9.17, 15) is 0 Å². The SMILES string of the molecule is COc1cc(Cl)ccc1-c1c(Cl)cccc1Cl. The highest BCUT2D eigenvalue weighted by Gasteiger charge is 2.13. The van der Waals surface area contributed by atoms with Crippen LogP contribution in [0.5, 0.6) is 5.75 Å². The van der Waals surface area contributed by atoms with Crippen LogP contribution in [0.4, 0.5) is 0 Å². The van der Waals surface area contributed by atoms with Gasteiger partial charge >= 0.3 is 0 Å². The molecule has 17 heavy (non-hydrogen) atoms. The third kappa shape index (κ3) is 2.52. The van der Waals surface area contributed by atoms with Crippen molar-refractivity contribution in [3.63, 3.8) is 0 Å². The molecule has 4 heteroatoms. The third-order valence-corrected chi connectivity index (χ3v) is 3.26. The predicted octanol–water partition coefficient (Wildman–Crippen LogP) is 5.32. The highest BCUT2D eigenvalue weighted by molar-refractivity contribution is 6.39. The Morgan fingerprint density at radius 1 is 0.941 bits per heavy atom. The standard InChI is InChI=1S/C13H9Cl3O/c1-17-12-7-8(14)5-6-9(12)13-10(15)3-2-4-11(13)16/h2-7H,1H3. The minimum Gasteiger partial charge on any atom is -0.496 e. The van der Waals surface area contributed by atoms with Crippen molar-refractivity contribution in [2.75, 3.05) is 7.11 Å². The quantitative estimate of drug-likeness (QED) is 0.726. The summed E-state index contributed by atoms with van der Waals surface area (Å²) in [7, 11) is 1.58. The highest BCUT2D eigenvalue weighted by Crippen LogP contribution is 2.40. The Balaban J connectivity index is 2.68. The van der Waals surface area contributed by atoms with E-state index in [1.807, 2.05) is 6.07 Å². The number of methoxy groups -OCH3 is 1. The van der Waals surface area contributed by atoms with Crippen molar-refractivity contribution in [2.24, 2.45) is 0 Å². The lowest BCUT2D eigenvalue weighted by Gasteiger charge is -2.12. The van der Waals surface area contributed by atoms with Gasteiger partial charge in [-0.1, -0.05) is 40.9 Å². The Morgan fingerprint density at radius 3 is 2.18 bits per heavy atom. The summed E-state index contributed by atoms with van der Waals surface area (Å²) >= 11 is 18.2. The first kappa shape index (κ1) is 12.6. The van der Waals surface area contributed by atoms with Gasteiger partial charge in [-0.2, -0.15) is 0 Å². The van der Waals surface area contributed by atoms with Crippen LogP contribution in [0.1, 0.15) is 0 Å². The van der Waals surface area contributed by atoms with Crippen molar-refractivity contribution >= 4 is 34.8 Å². The predicted molar refractivity (Wildman–Crippen MR) is 73.5 cm³/mol. The average molecular weight is 288 g/mol. The van der Waals surface area contributed by atoms with Gasteiger partial charge in [-0.25, -0.2) is 0 Å². The molecule has 0 atom stereocenters. The second-order valence-electron chi connectivity index (χ2n) is 3.44. The van der Waals surface area contributed by atoms with E-state index in [0.717, 1.165) is 11.1 Å². The largest absolute Gasteiger partial charge is 0.496 e. The molecule has 2 aromatic carbocycles. The zero-order valence-electron chi connectivity index (χ0n) is 9.01. The van der Waals surface area contributed by atoms with E-state index >= 15 is 0 Å². The van der Waals surface area contributed by atoms with Gasteiger partial charge in [0, 0.05) is 16.1 Å². The fourth-order valence-electron chi connectivity index (χ4n) is 1.63. The molecule has 0 spiro atoms. The maximum Gasteiger partial charge on any atom is 0.128 e. The molecule has 0 fully saturated rings. The van der Waals surface area contributed by atoms with E-state index in [0.29, 0.717) is 20.8 Å². The van der Waals surface area contributed by atoms with Gasteiger partial charge in [0.1, 0.15) is 5.75 Å². The lowest BCUT2D eigenvalue weighted by molar-refractivity contribution is 0.416. The second-order valence-corrected chi connectivity index (χ2v) is 4.69. The Labute approximate surface area is 115 Å². The van der Waals surface area contributed by atoms with Gasteiger partial charge in [-0.15, -0.1) is 0 Å². The molecule has 0 radical (unpaired) electrons. The van der Waals surface area contributed by atoms with Crippen LogP contribution >= 0.6 is 34.8 Å². The minimum atomic E-state index is 0.582. The normalized spacial score (nSPS) is 10.4. The van der Waals surface area contributed by atoms with E-state index in [1.165, 1.54) is 0 Å². The molecule has 1 nitrogen and oxygen atoms in total. The molecular weight excluding hydrogens is 279 g/mol. The minimum absolute atomic E-state index is 0.582. The summed E-state index contributed by atoms with van der Waals surface area (Å²) in [5.41, 5.74) is 1.58. The lowest BCUT2D eigenvalue weighted by Crippen LogP contribution is -1.89. The number of hydrogen-bond acceptors (Lipinski definition) is 1. The first-order valence-electron chi connectivity index (χ1n) is 4.91. The zero-order valence-corrected chi connectivity index (χ0v) is 11.3. The third-order valence-electron chi connectivity index (χ3n) is 2.40. The molecule has 88 valence electrons. The number of rotatable bonds is 2. The molecule has 0 unspecified atom stereocenters. The van der Waals surface area contributed by atoms with Crippen LogP contribution in [0.25, 0.3) is 11.1 Å². The van der Waals surface area contributed by atoms with Crippen molar-refractivity contribution in [3.8, 4) is 16.9 Å². The molecule has 2 rings (SSSR count). The molecule has 0 aliphatic rings. The maximum absolute atomic E-state index is 6.16. The molecule has 0 aliphatic heterocycles. The fraction of sp³-hybridized carbons (Fsp3) is 0.0769. The fourth-order valence-corrected chi connectivity index (χ4v) is 2.39. The number of hydrogen-bond donors (Lipinski definition) is 0. The number of benzene rings is 2. The van der Waals surface area contributed by atoms with Gasteiger partial charge in [0.2, 0.25) is 0 Å². The average Bonchev–Trinajstić information content (AvgIpc) is 2.30. The van der Waals surface area contributed by atoms with Gasteiger partial charge in [0.15, 0.2) is 0 Å². The summed E-state index contributed by atoms with van der Waals surface area (Å²) < 4.78 is 5.29. The molecular formula is C13H9Cl3O. The van der Waals surface area contributed by atoms with Crippen LogP contribution in [-0.4, -0.2) is 7.11 Å². The van der Waals surface area contributed by atoms with E-state index in [2.05, 4.69) is 0 Å². The van der Waals surface area contributed by atoms with Crippen molar-refractivity contribution in [1.29, 1.82) is 0 Å². The van der Waals surface area contributed by atoms with Gasteiger partial charge in [-0.05, 0) is 30.3 Å². The van der Waals surface area contributed by atoms with Crippen molar-refractivity contribution in [2.45, 2.75) is 0 Å².